The van der Waals surface area contributed by atoms with Crippen LogP contribution in [0.4, 0.5) is 13.2 Å². The van der Waals surface area contributed by atoms with Crippen LogP contribution in [0, 0.1) is 11.3 Å². The van der Waals surface area contributed by atoms with Gasteiger partial charge in [0.1, 0.15) is 0 Å². The Morgan fingerprint density at radius 2 is 1.76 bits per heavy atom. The van der Waals surface area contributed by atoms with Gasteiger partial charge in [0.2, 0.25) is 0 Å². The number of halogens is 3. The smallest absolute Gasteiger partial charge is 0.361 e. The number of nitrogens with one attached hydrogen (secondary N) is 1. The van der Waals surface area contributed by atoms with Crippen LogP contribution in [0.5, 0.6) is 0 Å². The number of alkyl halides is 3. The number of H-pyrrole nitrogens is 1. The van der Waals surface area contributed by atoms with Gasteiger partial charge in [0, 0.05) is 22.7 Å². The Morgan fingerprint density at radius 3 is 2.48 bits per heavy atom. The first-order valence-corrected chi connectivity index (χ1v) is 6.18. The molecule has 21 heavy (non-hydrogen) atoms. The Labute approximate surface area is 118 Å². The highest BCUT2D eigenvalue weighted by atomic mass is 19.4. The molecule has 0 unspecified atom stereocenters. The molecule has 2 nitrogen and oxygen atoms in total. The first-order chi connectivity index (χ1) is 10.0. The molecule has 5 heteroatoms. The number of hydrogen-bond donors (Lipinski definition) is 1. The summed E-state index contributed by atoms with van der Waals surface area (Å²) in [5, 5.41) is 9.54. The van der Waals surface area contributed by atoms with Crippen LogP contribution in [-0.2, 0) is 6.18 Å². The average Bonchev–Trinajstić information content (AvgIpc) is 2.89. The first-order valence-electron chi connectivity index (χ1n) is 6.18. The van der Waals surface area contributed by atoms with Crippen LogP contribution in [0.25, 0.3) is 22.0 Å². The van der Waals surface area contributed by atoms with Gasteiger partial charge in [-0.2, -0.15) is 18.4 Å². The standard InChI is InChI=1S/C16H9F3N2/c17-16(18,19)14-4-2-1-3-11(14)13-9-21-15-6-5-10(8-20)7-12(13)15/h1-7,9,21H. The van der Waals surface area contributed by atoms with Gasteiger partial charge in [-0.05, 0) is 29.8 Å². The van der Waals surface area contributed by atoms with E-state index in [0.29, 0.717) is 22.0 Å². The molecule has 0 radical (unpaired) electrons. The lowest BCUT2D eigenvalue weighted by Gasteiger charge is -2.12. The Hall–Kier alpha value is -2.74. The maximum atomic E-state index is 13.1. The summed E-state index contributed by atoms with van der Waals surface area (Å²) >= 11 is 0. The summed E-state index contributed by atoms with van der Waals surface area (Å²) in [6.07, 6.45) is -2.89. The van der Waals surface area contributed by atoms with Crippen molar-refractivity contribution in [1.82, 2.24) is 4.98 Å². The molecule has 104 valence electrons. The molecule has 3 rings (SSSR count). The second-order valence-electron chi connectivity index (χ2n) is 4.62. The van der Waals surface area contributed by atoms with E-state index in [1.54, 1.807) is 24.3 Å². The quantitative estimate of drug-likeness (QED) is 0.690. The van der Waals surface area contributed by atoms with E-state index in [1.807, 2.05) is 6.07 Å². The van der Waals surface area contributed by atoms with Crippen LogP contribution in [0.1, 0.15) is 11.1 Å². The summed E-state index contributed by atoms with van der Waals surface area (Å²) in [4.78, 5) is 2.94. The van der Waals surface area contributed by atoms with Crippen LogP contribution >= 0.6 is 0 Å². The Bertz CT molecular complexity index is 854. The summed E-state index contributed by atoms with van der Waals surface area (Å²) in [7, 11) is 0. The summed E-state index contributed by atoms with van der Waals surface area (Å²) in [5.41, 5.74) is 0.962. The third kappa shape index (κ3) is 2.25. The summed E-state index contributed by atoms with van der Waals surface area (Å²) in [6.45, 7) is 0. The van der Waals surface area contributed by atoms with E-state index in [2.05, 4.69) is 4.98 Å². The van der Waals surface area contributed by atoms with Gasteiger partial charge in [0.05, 0.1) is 17.2 Å². The van der Waals surface area contributed by atoms with Crippen molar-refractivity contribution in [2.24, 2.45) is 0 Å². The fourth-order valence-electron chi connectivity index (χ4n) is 2.38. The molecule has 1 aromatic heterocycles. The molecular formula is C16H9F3N2. The molecule has 0 saturated carbocycles. The van der Waals surface area contributed by atoms with Gasteiger partial charge in [-0.25, -0.2) is 0 Å². The van der Waals surface area contributed by atoms with Crippen molar-refractivity contribution in [3.05, 3.63) is 59.8 Å². The zero-order valence-electron chi connectivity index (χ0n) is 10.7. The van der Waals surface area contributed by atoms with E-state index in [0.717, 1.165) is 6.07 Å². The van der Waals surface area contributed by atoms with Crippen LogP contribution < -0.4 is 0 Å². The molecule has 0 aliphatic rings. The van der Waals surface area contributed by atoms with Crippen molar-refractivity contribution >= 4 is 10.9 Å². The molecule has 0 fully saturated rings. The van der Waals surface area contributed by atoms with E-state index >= 15 is 0 Å². The highest BCUT2D eigenvalue weighted by Crippen LogP contribution is 2.39. The molecule has 0 saturated heterocycles. The number of nitrogens with zero attached hydrogens (tertiary/aromatic N) is 1. The molecule has 0 aliphatic heterocycles. The highest BCUT2D eigenvalue weighted by Gasteiger charge is 2.33. The molecule has 0 aliphatic carbocycles. The normalized spacial score (nSPS) is 11.5. The number of aromatic amines is 1. The highest BCUT2D eigenvalue weighted by molar-refractivity contribution is 5.97. The van der Waals surface area contributed by atoms with Crippen LogP contribution in [0.2, 0.25) is 0 Å². The maximum absolute atomic E-state index is 13.1. The minimum Gasteiger partial charge on any atom is -0.361 e. The van der Waals surface area contributed by atoms with Gasteiger partial charge in [-0.1, -0.05) is 18.2 Å². The van der Waals surface area contributed by atoms with Crippen molar-refractivity contribution < 1.29 is 13.2 Å². The van der Waals surface area contributed by atoms with Crippen molar-refractivity contribution in [2.45, 2.75) is 6.18 Å². The second-order valence-corrected chi connectivity index (χ2v) is 4.62. The molecule has 0 amide bonds. The summed E-state index contributed by atoms with van der Waals surface area (Å²) in [6, 6.07) is 12.3. The predicted molar refractivity (Wildman–Crippen MR) is 73.5 cm³/mol. The number of fused-ring (bicyclic) bond motifs is 1. The third-order valence-corrected chi connectivity index (χ3v) is 3.33. The predicted octanol–water partition coefficient (Wildman–Crippen LogP) is 4.73. The van der Waals surface area contributed by atoms with Gasteiger partial charge >= 0.3 is 6.18 Å². The van der Waals surface area contributed by atoms with Gasteiger partial charge in [0.25, 0.3) is 0 Å². The van der Waals surface area contributed by atoms with Crippen LogP contribution in [-0.4, -0.2) is 4.98 Å². The molecule has 3 aromatic rings. The fourth-order valence-corrected chi connectivity index (χ4v) is 2.38. The van der Waals surface area contributed by atoms with Gasteiger partial charge in [-0.3, -0.25) is 0 Å². The molecule has 0 spiro atoms. The number of aromatic nitrogens is 1. The van der Waals surface area contributed by atoms with Crippen LogP contribution in [0.15, 0.2) is 48.7 Å². The number of benzene rings is 2. The first kappa shape index (κ1) is 13.3. The van der Waals surface area contributed by atoms with Gasteiger partial charge in [-0.15, -0.1) is 0 Å². The molecule has 1 heterocycles. The van der Waals surface area contributed by atoms with Gasteiger partial charge in [0.15, 0.2) is 0 Å². The molecular weight excluding hydrogens is 277 g/mol. The van der Waals surface area contributed by atoms with E-state index < -0.39 is 11.7 Å². The van der Waals surface area contributed by atoms with Crippen molar-refractivity contribution in [2.75, 3.05) is 0 Å². The van der Waals surface area contributed by atoms with E-state index in [4.69, 9.17) is 5.26 Å². The minimum atomic E-state index is -4.42. The molecule has 2 aromatic carbocycles. The maximum Gasteiger partial charge on any atom is 0.417 e. The topological polar surface area (TPSA) is 39.6 Å². The number of rotatable bonds is 1. The average molecular weight is 286 g/mol. The van der Waals surface area contributed by atoms with E-state index in [1.165, 1.54) is 18.3 Å². The van der Waals surface area contributed by atoms with Crippen molar-refractivity contribution in [1.29, 1.82) is 5.26 Å². The molecule has 1 N–H and O–H groups in total. The lowest BCUT2D eigenvalue weighted by atomic mass is 9.98. The second kappa shape index (κ2) is 4.67. The number of nitriles is 1. The summed E-state index contributed by atoms with van der Waals surface area (Å²) < 4.78 is 39.4. The molecule has 0 atom stereocenters. The Kier molecular flexibility index (Phi) is 2.95. The van der Waals surface area contributed by atoms with E-state index in [9.17, 15) is 13.2 Å². The lowest BCUT2D eigenvalue weighted by molar-refractivity contribution is -0.137. The number of hydrogen-bond acceptors (Lipinski definition) is 1. The zero-order valence-corrected chi connectivity index (χ0v) is 10.7. The minimum absolute atomic E-state index is 0.103. The Morgan fingerprint density at radius 1 is 1.00 bits per heavy atom. The third-order valence-electron chi connectivity index (χ3n) is 3.33. The zero-order chi connectivity index (χ0) is 15.0. The van der Waals surface area contributed by atoms with Crippen molar-refractivity contribution in [3.8, 4) is 17.2 Å². The lowest BCUT2D eigenvalue weighted by Crippen LogP contribution is -2.06. The summed E-state index contributed by atoms with van der Waals surface area (Å²) in [5.74, 6) is 0. The Balaban J connectivity index is 2.29. The SMILES string of the molecule is N#Cc1ccc2[nH]cc(-c3ccccc3C(F)(F)F)c2c1. The monoisotopic (exact) mass is 286 g/mol. The molecule has 0 bridgehead atoms. The van der Waals surface area contributed by atoms with Crippen molar-refractivity contribution in [3.63, 3.8) is 0 Å². The van der Waals surface area contributed by atoms with Gasteiger partial charge < -0.3 is 4.98 Å². The fraction of sp³-hybridized carbons (Fsp3) is 0.0625. The largest absolute Gasteiger partial charge is 0.417 e. The van der Waals surface area contributed by atoms with E-state index in [-0.39, 0.29) is 5.56 Å². The van der Waals surface area contributed by atoms with Crippen LogP contribution in [0.3, 0.4) is 0 Å².